The van der Waals surface area contributed by atoms with Gasteiger partial charge in [-0.2, -0.15) is 0 Å². The topological polar surface area (TPSA) is 21.6 Å². The van der Waals surface area contributed by atoms with Crippen molar-refractivity contribution in [3.63, 3.8) is 0 Å². The third-order valence-electron chi connectivity index (χ3n) is 1.41. The average Bonchev–Trinajstić information content (AvgIpc) is 2.15. The second kappa shape index (κ2) is 5.45. The summed E-state index contributed by atoms with van der Waals surface area (Å²) < 4.78 is 5.27. The fraction of sp³-hybridized carbons (Fsp3) is 0.182. The molecule has 0 aliphatic heterocycles. The molecule has 0 aliphatic rings. The Kier molecular flexibility index (Phi) is 4.20. The van der Waals surface area contributed by atoms with E-state index in [0.29, 0.717) is 5.02 Å². The lowest BCUT2D eigenvalue weighted by Gasteiger charge is -1.98. The summed E-state index contributed by atoms with van der Waals surface area (Å²) in [7, 11) is 0. The normalized spacial score (nSPS) is 10.2. The second-order valence-electron chi connectivity index (χ2n) is 2.93. The van der Waals surface area contributed by atoms with Gasteiger partial charge in [0.1, 0.15) is 12.0 Å². The molecule has 0 saturated carbocycles. The van der Waals surface area contributed by atoms with E-state index < -0.39 is 0 Å². The van der Waals surface area contributed by atoms with Gasteiger partial charge in [0.2, 0.25) is 0 Å². The maximum absolute atomic E-state index is 5.72. The van der Waals surface area contributed by atoms with Gasteiger partial charge in [-0.25, -0.2) is 0 Å². The van der Waals surface area contributed by atoms with Crippen LogP contribution in [0.5, 0.6) is 5.75 Å². The molecule has 0 radical (unpaired) electrons. The van der Waals surface area contributed by atoms with E-state index in [4.69, 9.17) is 16.3 Å². The lowest BCUT2D eigenvalue weighted by Crippen LogP contribution is -1.81. The number of benzene rings is 1. The lowest BCUT2D eigenvalue weighted by molar-refractivity contribution is 0.480. The van der Waals surface area contributed by atoms with Crippen molar-refractivity contribution in [3.05, 3.63) is 41.8 Å². The first-order valence-electron chi connectivity index (χ1n) is 4.27. The Balaban J connectivity index is 2.50. The summed E-state index contributed by atoms with van der Waals surface area (Å²) in [4.78, 5) is 4.04. The van der Waals surface area contributed by atoms with Crippen LogP contribution < -0.4 is 4.74 Å². The summed E-state index contributed by atoms with van der Waals surface area (Å²) in [5.74, 6) is 0.745. The van der Waals surface area contributed by atoms with Crippen molar-refractivity contribution < 1.29 is 4.74 Å². The van der Waals surface area contributed by atoms with Gasteiger partial charge < -0.3 is 4.74 Å². The Bertz CT molecular complexity index is 337. The molecule has 0 spiro atoms. The highest BCUT2D eigenvalue weighted by Gasteiger charge is 1.89. The minimum Gasteiger partial charge on any atom is -0.463 e. The van der Waals surface area contributed by atoms with Gasteiger partial charge >= 0.3 is 0 Å². The molecule has 1 aromatic carbocycles. The van der Waals surface area contributed by atoms with Crippen molar-refractivity contribution >= 4 is 17.3 Å². The van der Waals surface area contributed by atoms with E-state index in [1.165, 1.54) is 6.26 Å². The van der Waals surface area contributed by atoms with E-state index >= 15 is 0 Å². The fourth-order valence-corrected chi connectivity index (χ4v) is 0.928. The minimum atomic E-state index is 0.698. The van der Waals surface area contributed by atoms with Crippen LogP contribution in [0.3, 0.4) is 0 Å². The second-order valence-corrected chi connectivity index (χ2v) is 3.37. The van der Waals surface area contributed by atoms with Gasteiger partial charge in [0.15, 0.2) is 0 Å². The Hall–Kier alpha value is -1.28. The molecule has 0 aromatic heterocycles. The molecule has 0 atom stereocenters. The zero-order valence-corrected chi connectivity index (χ0v) is 8.95. The van der Waals surface area contributed by atoms with Crippen molar-refractivity contribution in [1.29, 1.82) is 0 Å². The van der Waals surface area contributed by atoms with Gasteiger partial charge in [0, 0.05) is 10.7 Å². The van der Waals surface area contributed by atoms with E-state index in [2.05, 4.69) is 4.99 Å². The molecule has 0 saturated heterocycles. The molecule has 2 nitrogen and oxygen atoms in total. The van der Waals surface area contributed by atoms with Crippen LogP contribution in [-0.4, -0.2) is 5.71 Å². The standard InChI is InChI=1S/C11H12ClNO/c1-9(2)13-7-8-14-11-5-3-10(12)4-6-11/h3-8H,1-2H3. The van der Waals surface area contributed by atoms with Crippen molar-refractivity contribution in [2.45, 2.75) is 13.8 Å². The van der Waals surface area contributed by atoms with Gasteiger partial charge in [-0.15, -0.1) is 0 Å². The molecule has 14 heavy (non-hydrogen) atoms. The van der Waals surface area contributed by atoms with Gasteiger partial charge in [0.25, 0.3) is 0 Å². The number of aliphatic imine (C=N–C) groups is 1. The predicted octanol–water partition coefficient (Wildman–Crippen LogP) is 3.67. The molecule has 3 heteroatoms. The van der Waals surface area contributed by atoms with E-state index in [9.17, 15) is 0 Å². The number of hydrogen-bond donors (Lipinski definition) is 0. The van der Waals surface area contributed by atoms with Crippen molar-refractivity contribution in [3.8, 4) is 5.75 Å². The van der Waals surface area contributed by atoms with Gasteiger partial charge in [-0.05, 0) is 38.1 Å². The smallest absolute Gasteiger partial charge is 0.126 e. The number of hydrogen-bond acceptors (Lipinski definition) is 2. The van der Waals surface area contributed by atoms with Crippen LogP contribution in [0.1, 0.15) is 13.8 Å². The van der Waals surface area contributed by atoms with Crippen LogP contribution in [0.15, 0.2) is 41.7 Å². The fourth-order valence-electron chi connectivity index (χ4n) is 0.802. The summed E-state index contributed by atoms with van der Waals surface area (Å²) in [6.07, 6.45) is 3.15. The molecule has 0 amide bonds. The molecule has 0 bridgehead atoms. The van der Waals surface area contributed by atoms with E-state index in [-0.39, 0.29) is 0 Å². The highest BCUT2D eigenvalue weighted by atomic mass is 35.5. The molecule has 0 aliphatic carbocycles. The highest BCUT2D eigenvalue weighted by molar-refractivity contribution is 6.30. The molecule has 74 valence electrons. The number of ether oxygens (including phenoxy) is 1. The van der Waals surface area contributed by atoms with Gasteiger partial charge in [0.05, 0.1) is 6.20 Å². The summed E-state index contributed by atoms with van der Waals surface area (Å²) in [6.45, 7) is 3.85. The predicted molar refractivity (Wildman–Crippen MR) is 60.0 cm³/mol. The minimum absolute atomic E-state index is 0.698. The number of rotatable bonds is 3. The molecule has 1 aromatic rings. The van der Waals surface area contributed by atoms with E-state index in [0.717, 1.165) is 11.5 Å². The van der Waals surface area contributed by atoms with Crippen LogP contribution in [0, 0.1) is 0 Å². The maximum Gasteiger partial charge on any atom is 0.126 e. The zero-order valence-electron chi connectivity index (χ0n) is 8.20. The Labute approximate surface area is 88.9 Å². The van der Waals surface area contributed by atoms with Crippen LogP contribution >= 0.6 is 11.6 Å². The number of nitrogens with zero attached hydrogens (tertiary/aromatic N) is 1. The maximum atomic E-state index is 5.72. The van der Waals surface area contributed by atoms with E-state index in [1.54, 1.807) is 30.5 Å². The average molecular weight is 210 g/mol. The van der Waals surface area contributed by atoms with Crippen LogP contribution in [0.2, 0.25) is 5.02 Å². The molecule has 1 rings (SSSR count). The zero-order chi connectivity index (χ0) is 10.4. The third-order valence-corrected chi connectivity index (χ3v) is 1.66. The Morgan fingerprint density at radius 1 is 1.29 bits per heavy atom. The number of halogens is 1. The SMILES string of the molecule is CC(C)=NC=COc1ccc(Cl)cc1. The quantitative estimate of drug-likeness (QED) is 0.550. The molecule has 0 heterocycles. The lowest BCUT2D eigenvalue weighted by atomic mass is 10.3. The first-order valence-corrected chi connectivity index (χ1v) is 4.64. The Morgan fingerprint density at radius 3 is 2.50 bits per heavy atom. The molecular formula is C11H12ClNO. The van der Waals surface area contributed by atoms with Gasteiger partial charge in [-0.3, -0.25) is 4.99 Å². The highest BCUT2D eigenvalue weighted by Crippen LogP contribution is 2.15. The molecular weight excluding hydrogens is 198 g/mol. The molecule has 0 unspecified atom stereocenters. The third kappa shape index (κ3) is 4.10. The monoisotopic (exact) mass is 209 g/mol. The molecule has 0 N–H and O–H groups in total. The van der Waals surface area contributed by atoms with Crippen LogP contribution in [-0.2, 0) is 0 Å². The summed E-state index contributed by atoms with van der Waals surface area (Å²) >= 11 is 5.72. The summed E-state index contributed by atoms with van der Waals surface area (Å²) in [6, 6.07) is 7.16. The molecule has 0 fully saturated rings. The first-order chi connectivity index (χ1) is 6.68. The van der Waals surface area contributed by atoms with Crippen LogP contribution in [0.4, 0.5) is 0 Å². The van der Waals surface area contributed by atoms with E-state index in [1.807, 2.05) is 13.8 Å². The largest absolute Gasteiger partial charge is 0.463 e. The van der Waals surface area contributed by atoms with Crippen molar-refractivity contribution in [2.75, 3.05) is 0 Å². The van der Waals surface area contributed by atoms with Crippen molar-refractivity contribution in [1.82, 2.24) is 0 Å². The van der Waals surface area contributed by atoms with Crippen molar-refractivity contribution in [2.24, 2.45) is 4.99 Å². The summed E-state index contributed by atoms with van der Waals surface area (Å²) in [5.41, 5.74) is 0.987. The van der Waals surface area contributed by atoms with Crippen LogP contribution in [0.25, 0.3) is 0 Å². The van der Waals surface area contributed by atoms with Gasteiger partial charge in [-0.1, -0.05) is 11.6 Å². The first kappa shape index (κ1) is 10.8. The summed E-state index contributed by atoms with van der Waals surface area (Å²) in [5, 5.41) is 0.698. The Morgan fingerprint density at radius 2 is 1.93 bits per heavy atom.